The first kappa shape index (κ1) is 31.8. The molecule has 10 heteroatoms. The number of hydrogen-bond donors (Lipinski definition) is 0. The molecule has 1 saturated heterocycles. The molecule has 0 bridgehead atoms. The van der Waals surface area contributed by atoms with E-state index < -0.39 is 23.2 Å². The van der Waals surface area contributed by atoms with E-state index in [-0.39, 0.29) is 24.2 Å². The van der Waals surface area contributed by atoms with Gasteiger partial charge in [0.15, 0.2) is 17.0 Å². The van der Waals surface area contributed by atoms with Crippen LogP contribution in [0.1, 0.15) is 49.1 Å². The standard InChI is InChI=1S/C37H38FN3O6/c1-39(2)35(43)30-19-28-29(40(30)21-24-13-16-31(45-3)32(17-24)46-4)18-26-22-41(34(42)25-9-7-6-8-10-25)37(33(26)28,36(44)47-5)20-23-11-14-27(38)15-12-23/h6-17,19,26,33H,18,20-22H2,1-5H3/t26?,33?,37-/m1/s1. The van der Waals surface area contributed by atoms with Crippen LogP contribution in [0, 0.1) is 11.7 Å². The van der Waals surface area contributed by atoms with Crippen LogP contribution in [-0.2, 0) is 28.9 Å². The third-order valence-electron chi connectivity index (χ3n) is 9.52. The van der Waals surface area contributed by atoms with E-state index in [1.54, 1.807) is 69.6 Å². The van der Waals surface area contributed by atoms with Gasteiger partial charge in [0.1, 0.15) is 11.5 Å². The highest BCUT2D eigenvalue weighted by Crippen LogP contribution is 2.55. The zero-order valence-corrected chi connectivity index (χ0v) is 27.2. The first-order chi connectivity index (χ1) is 22.6. The van der Waals surface area contributed by atoms with E-state index in [9.17, 15) is 18.8 Å². The molecule has 1 aromatic heterocycles. The molecule has 3 aromatic carbocycles. The molecule has 1 aliphatic heterocycles. The molecule has 2 unspecified atom stereocenters. The second-order valence-electron chi connectivity index (χ2n) is 12.3. The SMILES string of the molecule is COC(=O)[C@@]1(Cc2ccc(F)cc2)C2c3cc(C(=O)N(C)C)n(Cc4ccc(OC)c(OC)c4)c3CC2CN1C(=O)c1ccccc1. The molecule has 2 aliphatic rings. The Labute approximate surface area is 273 Å². The highest BCUT2D eigenvalue weighted by molar-refractivity contribution is 6.00. The average molecular weight is 640 g/mol. The molecule has 0 N–H and O–H groups in total. The minimum Gasteiger partial charge on any atom is -0.493 e. The Kier molecular flexibility index (Phi) is 8.53. The lowest BCUT2D eigenvalue weighted by Gasteiger charge is -2.40. The number of hydrogen-bond acceptors (Lipinski definition) is 6. The largest absolute Gasteiger partial charge is 0.493 e. The maximum absolute atomic E-state index is 14.3. The number of esters is 1. The summed E-state index contributed by atoms with van der Waals surface area (Å²) in [4.78, 5) is 45.4. The van der Waals surface area contributed by atoms with Crippen molar-refractivity contribution in [3.8, 4) is 11.5 Å². The number of nitrogens with zero attached hydrogens (tertiary/aromatic N) is 3. The molecule has 0 radical (unpaired) electrons. The summed E-state index contributed by atoms with van der Waals surface area (Å²) in [5, 5.41) is 0. The van der Waals surface area contributed by atoms with Crippen LogP contribution < -0.4 is 9.47 Å². The van der Waals surface area contributed by atoms with Crippen molar-refractivity contribution in [2.45, 2.75) is 30.8 Å². The van der Waals surface area contributed by atoms with Gasteiger partial charge in [0, 0.05) is 50.8 Å². The molecule has 6 rings (SSSR count). The summed E-state index contributed by atoms with van der Waals surface area (Å²) in [5.41, 5.74) is 2.82. The number of carbonyl (C=O) groups is 3. The van der Waals surface area contributed by atoms with Crippen LogP contribution in [0.5, 0.6) is 11.5 Å². The van der Waals surface area contributed by atoms with Gasteiger partial charge in [0.05, 0.1) is 21.3 Å². The fourth-order valence-electron chi connectivity index (χ4n) is 7.46. The number of halogens is 1. The summed E-state index contributed by atoms with van der Waals surface area (Å²) >= 11 is 0. The summed E-state index contributed by atoms with van der Waals surface area (Å²) in [6.45, 7) is 0.677. The molecule has 47 heavy (non-hydrogen) atoms. The van der Waals surface area contributed by atoms with Crippen molar-refractivity contribution in [2.24, 2.45) is 5.92 Å². The molecular formula is C37H38FN3O6. The highest BCUT2D eigenvalue weighted by atomic mass is 19.1. The molecule has 2 heterocycles. The molecule has 244 valence electrons. The molecule has 1 aliphatic carbocycles. The summed E-state index contributed by atoms with van der Waals surface area (Å²) in [7, 11) is 7.88. The summed E-state index contributed by atoms with van der Waals surface area (Å²) in [6.07, 6.45) is 0.645. The zero-order chi connectivity index (χ0) is 33.5. The molecule has 0 spiro atoms. The highest BCUT2D eigenvalue weighted by Gasteiger charge is 2.64. The molecule has 9 nitrogen and oxygen atoms in total. The van der Waals surface area contributed by atoms with Crippen LogP contribution in [0.4, 0.5) is 4.39 Å². The summed E-state index contributed by atoms with van der Waals surface area (Å²) in [5.74, 6) is -0.873. The Hall–Kier alpha value is -5.12. The lowest BCUT2D eigenvalue weighted by molar-refractivity contribution is -0.153. The monoisotopic (exact) mass is 639 g/mol. The lowest BCUT2D eigenvalue weighted by atomic mass is 9.75. The number of ether oxygens (including phenoxy) is 3. The smallest absolute Gasteiger partial charge is 0.332 e. The number of methoxy groups -OCH3 is 3. The van der Waals surface area contributed by atoms with E-state index in [1.165, 1.54) is 24.1 Å². The molecule has 4 aromatic rings. The first-order valence-electron chi connectivity index (χ1n) is 15.5. The van der Waals surface area contributed by atoms with E-state index in [1.807, 2.05) is 34.9 Å². The third kappa shape index (κ3) is 5.41. The number of amides is 2. The minimum atomic E-state index is -1.45. The summed E-state index contributed by atoms with van der Waals surface area (Å²) < 4.78 is 32.5. The van der Waals surface area contributed by atoms with E-state index in [2.05, 4.69) is 0 Å². The van der Waals surface area contributed by atoms with E-state index >= 15 is 0 Å². The maximum Gasteiger partial charge on any atom is 0.332 e. The van der Waals surface area contributed by atoms with Gasteiger partial charge in [-0.05, 0) is 71.5 Å². The number of likely N-dealkylation sites (tertiary alicyclic amines) is 1. The van der Waals surface area contributed by atoms with Crippen LogP contribution >= 0.6 is 0 Å². The Balaban J connectivity index is 1.53. The van der Waals surface area contributed by atoms with E-state index in [0.29, 0.717) is 47.8 Å². The van der Waals surface area contributed by atoms with Crippen molar-refractivity contribution in [3.63, 3.8) is 0 Å². The van der Waals surface area contributed by atoms with Gasteiger partial charge in [-0.25, -0.2) is 9.18 Å². The fraction of sp³-hybridized carbons (Fsp3) is 0.324. The van der Waals surface area contributed by atoms with Gasteiger partial charge in [-0.3, -0.25) is 9.59 Å². The predicted octanol–water partition coefficient (Wildman–Crippen LogP) is 4.96. The van der Waals surface area contributed by atoms with Gasteiger partial charge in [0.2, 0.25) is 0 Å². The van der Waals surface area contributed by atoms with Crippen LogP contribution in [-0.4, -0.2) is 79.7 Å². The van der Waals surface area contributed by atoms with Crippen LogP contribution in [0.15, 0.2) is 78.9 Å². The van der Waals surface area contributed by atoms with Gasteiger partial charge in [-0.2, -0.15) is 0 Å². The van der Waals surface area contributed by atoms with Crippen molar-refractivity contribution >= 4 is 17.8 Å². The van der Waals surface area contributed by atoms with Crippen LogP contribution in [0.2, 0.25) is 0 Å². The Morgan fingerprint density at radius 3 is 2.21 bits per heavy atom. The maximum atomic E-state index is 14.3. The second-order valence-corrected chi connectivity index (χ2v) is 12.3. The van der Waals surface area contributed by atoms with Gasteiger partial charge in [0.25, 0.3) is 11.8 Å². The number of fused-ring (bicyclic) bond motifs is 3. The zero-order valence-electron chi connectivity index (χ0n) is 27.2. The first-order valence-corrected chi connectivity index (χ1v) is 15.5. The van der Waals surface area contributed by atoms with Gasteiger partial charge in [-0.15, -0.1) is 0 Å². The molecular weight excluding hydrogens is 601 g/mol. The van der Waals surface area contributed by atoms with Gasteiger partial charge >= 0.3 is 5.97 Å². The van der Waals surface area contributed by atoms with Gasteiger partial charge < -0.3 is 28.6 Å². The Morgan fingerprint density at radius 1 is 0.894 bits per heavy atom. The summed E-state index contributed by atoms with van der Waals surface area (Å²) in [6, 6.07) is 22.4. The Bertz CT molecular complexity index is 1820. The molecule has 3 atom stereocenters. The molecule has 0 saturated carbocycles. The van der Waals surface area contributed by atoms with Crippen LogP contribution in [0.25, 0.3) is 0 Å². The minimum absolute atomic E-state index is 0.108. The number of aromatic nitrogens is 1. The second kappa shape index (κ2) is 12.6. The third-order valence-corrected chi connectivity index (χ3v) is 9.52. The van der Waals surface area contributed by atoms with Crippen molar-refractivity contribution in [2.75, 3.05) is 42.0 Å². The van der Waals surface area contributed by atoms with Crippen molar-refractivity contribution in [3.05, 3.63) is 118 Å². The molecule has 1 fully saturated rings. The normalized spacial score (nSPS) is 19.6. The average Bonchev–Trinajstić information content (AvgIpc) is 3.72. The topological polar surface area (TPSA) is 90.3 Å². The molecule has 2 amide bonds. The number of carbonyl (C=O) groups excluding carboxylic acids is 3. The lowest BCUT2D eigenvalue weighted by Crippen LogP contribution is -2.58. The Morgan fingerprint density at radius 2 is 1.57 bits per heavy atom. The number of benzene rings is 3. The number of rotatable bonds is 9. The van der Waals surface area contributed by atoms with Crippen LogP contribution in [0.3, 0.4) is 0 Å². The van der Waals surface area contributed by atoms with Crippen molar-refractivity contribution in [1.82, 2.24) is 14.4 Å². The fourth-order valence-corrected chi connectivity index (χ4v) is 7.46. The van der Waals surface area contributed by atoms with E-state index in [0.717, 1.165) is 16.8 Å². The van der Waals surface area contributed by atoms with Gasteiger partial charge in [-0.1, -0.05) is 36.4 Å². The van der Waals surface area contributed by atoms with E-state index in [4.69, 9.17) is 14.2 Å². The van der Waals surface area contributed by atoms with Crippen molar-refractivity contribution < 1.29 is 33.0 Å². The van der Waals surface area contributed by atoms with Crippen molar-refractivity contribution in [1.29, 1.82) is 0 Å². The quantitative estimate of drug-likeness (QED) is 0.241. The predicted molar refractivity (Wildman–Crippen MR) is 173 cm³/mol.